The third-order valence-corrected chi connectivity index (χ3v) is 6.49. The molecular formula is C17H20Cl. The van der Waals surface area contributed by atoms with Gasteiger partial charge in [0.1, 0.15) is 0 Å². The molecule has 4 bridgehead atoms. The summed E-state index contributed by atoms with van der Waals surface area (Å²) in [6.45, 7) is 0. The van der Waals surface area contributed by atoms with E-state index in [9.17, 15) is 0 Å². The molecule has 0 nitrogen and oxygen atoms in total. The summed E-state index contributed by atoms with van der Waals surface area (Å²) in [6.07, 6.45) is 8.27. The minimum Gasteiger partial charge on any atom is -0.122 e. The van der Waals surface area contributed by atoms with E-state index in [4.69, 9.17) is 11.6 Å². The van der Waals surface area contributed by atoms with Crippen LogP contribution in [0.1, 0.15) is 37.7 Å². The van der Waals surface area contributed by atoms with Crippen molar-refractivity contribution in [2.45, 2.75) is 43.9 Å². The Morgan fingerprint density at radius 3 is 2.44 bits per heavy atom. The van der Waals surface area contributed by atoms with E-state index >= 15 is 0 Å². The lowest BCUT2D eigenvalue weighted by molar-refractivity contribution is -0.0471. The Hall–Kier alpha value is -0.490. The Morgan fingerprint density at radius 2 is 1.78 bits per heavy atom. The molecule has 4 aliphatic carbocycles. The van der Waals surface area contributed by atoms with E-state index in [0.717, 1.165) is 17.8 Å². The highest BCUT2D eigenvalue weighted by Crippen LogP contribution is 2.62. The fourth-order valence-corrected chi connectivity index (χ4v) is 5.80. The molecule has 0 aromatic heterocycles. The van der Waals surface area contributed by atoms with Crippen LogP contribution in [0.25, 0.3) is 0 Å². The summed E-state index contributed by atoms with van der Waals surface area (Å²) in [5, 5.41) is 0.425. The molecule has 4 saturated carbocycles. The Labute approximate surface area is 115 Å². The fourth-order valence-electron chi connectivity index (χ4n) is 5.33. The second-order valence-corrected chi connectivity index (χ2v) is 7.43. The highest BCUT2D eigenvalue weighted by atomic mass is 35.5. The van der Waals surface area contributed by atoms with E-state index in [2.05, 4.69) is 18.2 Å². The third-order valence-electron chi connectivity index (χ3n) is 5.67. The number of hydrogen-bond acceptors (Lipinski definition) is 0. The Kier molecular flexibility index (Phi) is 2.52. The van der Waals surface area contributed by atoms with Crippen molar-refractivity contribution < 1.29 is 0 Å². The predicted octanol–water partition coefficient (Wildman–Crippen LogP) is 4.46. The van der Waals surface area contributed by atoms with Gasteiger partial charge < -0.3 is 0 Å². The Bertz CT molecular complexity index is 424. The van der Waals surface area contributed by atoms with Crippen molar-refractivity contribution in [1.82, 2.24) is 0 Å². The van der Waals surface area contributed by atoms with Gasteiger partial charge in [-0.05, 0) is 73.3 Å². The lowest BCUT2D eigenvalue weighted by atomic mass is 9.48. The maximum Gasteiger partial charge on any atom is 0.0424 e. The highest BCUT2D eigenvalue weighted by Gasteiger charge is 2.56. The van der Waals surface area contributed by atoms with Crippen LogP contribution in [0, 0.1) is 29.2 Å². The van der Waals surface area contributed by atoms with Crippen molar-refractivity contribution in [3.05, 3.63) is 35.9 Å². The van der Waals surface area contributed by atoms with Gasteiger partial charge in [0.25, 0.3) is 0 Å². The molecule has 4 aliphatic rings. The van der Waals surface area contributed by atoms with E-state index in [-0.39, 0.29) is 0 Å². The minimum absolute atomic E-state index is 0.414. The van der Waals surface area contributed by atoms with Gasteiger partial charge in [0.2, 0.25) is 0 Å². The number of rotatable bonds is 2. The SMILES string of the molecule is ClC1C2CC3CC(C2)CC1(Cc1cc[c]cc1)C3. The summed E-state index contributed by atoms with van der Waals surface area (Å²) < 4.78 is 0. The first kappa shape index (κ1) is 11.3. The number of benzene rings is 1. The Balaban J connectivity index is 1.65. The molecule has 3 atom stereocenters. The summed E-state index contributed by atoms with van der Waals surface area (Å²) in [6, 6.07) is 11.6. The average Bonchev–Trinajstić information content (AvgIpc) is 2.36. The van der Waals surface area contributed by atoms with Crippen LogP contribution in [0.15, 0.2) is 24.3 Å². The maximum absolute atomic E-state index is 6.87. The lowest BCUT2D eigenvalue weighted by Gasteiger charge is -2.59. The molecule has 0 heterocycles. The van der Waals surface area contributed by atoms with Crippen LogP contribution in [0.2, 0.25) is 0 Å². The molecule has 0 aliphatic heterocycles. The number of alkyl halides is 1. The van der Waals surface area contributed by atoms with E-state index in [0.29, 0.717) is 10.8 Å². The molecule has 1 aromatic carbocycles. The topological polar surface area (TPSA) is 0 Å². The fraction of sp³-hybridized carbons (Fsp3) is 0.647. The second kappa shape index (κ2) is 4.00. The Morgan fingerprint density at radius 1 is 1.11 bits per heavy atom. The molecule has 1 radical (unpaired) electrons. The largest absolute Gasteiger partial charge is 0.122 e. The molecule has 3 unspecified atom stereocenters. The molecule has 95 valence electrons. The zero-order valence-electron chi connectivity index (χ0n) is 10.7. The van der Waals surface area contributed by atoms with Gasteiger partial charge in [-0.3, -0.25) is 0 Å². The van der Waals surface area contributed by atoms with Gasteiger partial charge in [-0.15, -0.1) is 11.6 Å². The maximum atomic E-state index is 6.87. The van der Waals surface area contributed by atoms with Crippen LogP contribution in [-0.2, 0) is 6.42 Å². The monoisotopic (exact) mass is 259 g/mol. The van der Waals surface area contributed by atoms with E-state index in [1.807, 2.05) is 12.1 Å². The summed E-state index contributed by atoms with van der Waals surface area (Å²) in [5.74, 6) is 2.77. The quantitative estimate of drug-likeness (QED) is 0.688. The van der Waals surface area contributed by atoms with E-state index in [1.54, 1.807) is 0 Å². The van der Waals surface area contributed by atoms with Crippen LogP contribution in [0.4, 0.5) is 0 Å². The van der Waals surface area contributed by atoms with Crippen LogP contribution in [0.5, 0.6) is 0 Å². The minimum atomic E-state index is 0.414. The van der Waals surface area contributed by atoms with Gasteiger partial charge in [0.15, 0.2) is 0 Å². The molecule has 0 amide bonds. The molecule has 18 heavy (non-hydrogen) atoms. The van der Waals surface area contributed by atoms with Crippen molar-refractivity contribution in [3.8, 4) is 0 Å². The molecule has 1 heteroatoms. The van der Waals surface area contributed by atoms with E-state index in [1.165, 1.54) is 44.1 Å². The number of hydrogen-bond donors (Lipinski definition) is 0. The first-order valence-electron chi connectivity index (χ1n) is 7.34. The first-order chi connectivity index (χ1) is 8.75. The summed E-state index contributed by atoms with van der Waals surface area (Å²) in [5.41, 5.74) is 1.87. The van der Waals surface area contributed by atoms with Crippen molar-refractivity contribution >= 4 is 11.6 Å². The zero-order valence-corrected chi connectivity index (χ0v) is 11.5. The predicted molar refractivity (Wildman–Crippen MR) is 74.6 cm³/mol. The molecule has 4 fully saturated rings. The normalized spacial score (nSPS) is 45.4. The van der Waals surface area contributed by atoms with Crippen molar-refractivity contribution in [2.75, 3.05) is 0 Å². The first-order valence-corrected chi connectivity index (χ1v) is 7.78. The van der Waals surface area contributed by atoms with Crippen LogP contribution < -0.4 is 0 Å². The second-order valence-electron chi connectivity index (χ2n) is 6.96. The standard InChI is InChI=1S/C17H20Cl/c18-16-15-7-13-6-14(8-15)11-17(16,10-13)9-12-4-2-1-3-5-12/h2-5,13-16H,6-11H2. The summed E-state index contributed by atoms with van der Waals surface area (Å²) >= 11 is 6.87. The average molecular weight is 260 g/mol. The zero-order chi connectivity index (χ0) is 12.2. The van der Waals surface area contributed by atoms with Gasteiger partial charge in [-0.25, -0.2) is 0 Å². The van der Waals surface area contributed by atoms with Crippen molar-refractivity contribution in [2.24, 2.45) is 23.2 Å². The number of halogens is 1. The van der Waals surface area contributed by atoms with Crippen LogP contribution in [-0.4, -0.2) is 5.38 Å². The van der Waals surface area contributed by atoms with Crippen LogP contribution >= 0.6 is 11.6 Å². The van der Waals surface area contributed by atoms with Gasteiger partial charge in [-0.1, -0.05) is 24.3 Å². The molecule has 0 saturated heterocycles. The van der Waals surface area contributed by atoms with Gasteiger partial charge in [0, 0.05) is 5.38 Å². The molecular weight excluding hydrogens is 240 g/mol. The highest BCUT2D eigenvalue weighted by molar-refractivity contribution is 6.21. The van der Waals surface area contributed by atoms with Gasteiger partial charge in [-0.2, -0.15) is 0 Å². The van der Waals surface area contributed by atoms with E-state index < -0.39 is 0 Å². The molecule has 1 aromatic rings. The smallest absolute Gasteiger partial charge is 0.0424 e. The van der Waals surface area contributed by atoms with Gasteiger partial charge >= 0.3 is 0 Å². The lowest BCUT2D eigenvalue weighted by Crippen LogP contribution is -2.54. The van der Waals surface area contributed by atoms with Crippen molar-refractivity contribution in [1.29, 1.82) is 0 Å². The third kappa shape index (κ3) is 1.65. The molecule has 5 rings (SSSR count). The molecule has 0 spiro atoms. The molecule has 0 N–H and O–H groups in total. The van der Waals surface area contributed by atoms with Crippen LogP contribution in [0.3, 0.4) is 0 Å². The van der Waals surface area contributed by atoms with Crippen molar-refractivity contribution in [3.63, 3.8) is 0 Å². The summed E-state index contributed by atoms with van der Waals surface area (Å²) in [7, 11) is 0. The summed E-state index contributed by atoms with van der Waals surface area (Å²) in [4.78, 5) is 0. The van der Waals surface area contributed by atoms with Gasteiger partial charge in [0.05, 0.1) is 0 Å².